The van der Waals surface area contributed by atoms with Crippen LogP contribution in [0.5, 0.6) is 0 Å². The smallest absolute Gasteiger partial charge is 0.131 e. The molecule has 86 valence electrons. The number of benzene rings is 1. The predicted octanol–water partition coefficient (Wildman–Crippen LogP) is 4.72. The highest BCUT2D eigenvalue weighted by molar-refractivity contribution is 14.1. The van der Waals surface area contributed by atoms with E-state index in [1.54, 1.807) is 0 Å². The van der Waals surface area contributed by atoms with E-state index in [2.05, 4.69) is 41.6 Å². The van der Waals surface area contributed by atoms with Gasteiger partial charge in [-0.1, -0.05) is 29.5 Å². The lowest BCUT2D eigenvalue weighted by Crippen LogP contribution is -2.14. The number of furan rings is 2. The van der Waals surface area contributed by atoms with E-state index in [0.717, 1.165) is 11.2 Å². The summed E-state index contributed by atoms with van der Waals surface area (Å²) in [5, 5.41) is 0. The molecule has 0 spiro atoms. The molecule has 2 heteroatoms. The minimum absolute atomic E-state index is 0.500. The molecular weight excluding hydrogens is 311 g/mol. The van der Waals surface area contributed by atoms with Crippen molar-refractivity contribution in [2.24, 2.45) is 0 Å². The van der Waals surface area contributed by atoms with E-state index >= 15 is 0 Å². The molecular formula is C14H17IO. The van der Waals surface area contributed by atoms with Crippen molar-refractivity contribution in [1.82, 2.24) is 0 Å². The summed E-state index contributed by atoms with van der Waals surface area (Å²) in [5.41, 5.74) is 5.29. The molecule has 3 rings (SSSR count). The van der Waals surface area contributed by atoms with Crippen LogP contribution in [0.4, 0.5) is 0 Å². The largest absolute Gasteiger partial charge is 0.457 e. The summed E-state index contributed by atoms with van der Waals surface area (Å²) < 4.78 is 6.27. The first kappa shape index (κ1) is 10.9. The third-order valence-electron chi connectivity index (χ3n) is 3.81. The lowest BCUT2D eigenvalue weighted by molar-refractivity contribution is 0.534. The van der Waals surface area contributed by atoms with Gasteiger partial charge in [-0.25, -0.2) is 0 Å². The fourth-order valence-corrected chi connectivity index (χ4v) is 3.66. The SMILES string of the molecule is CC1(I)CCCc2c(c3ccc2o3)CCC1. The molecule has 0 amide bonds. The van der Waals surface area contributed by atoms with E-state index in [4.69, 9.17) is 4.42 Å². The lowest BCUT2D eigenvalue weighted by Gasteiger charge is -2.21. The normalized spacial score (nSPS) is 21.4. The summed E-state index contributed by atoms with van der Waals surface area (Å²) in [5.74, 6) is 0. The van der Waals surface area contributed by atoms with Gasteiger partial charge in [0.1, 0.15) is 11.2 Å². The average Bonchev–Trinajstić information content (AvgIpc) is 2.79. The summed E-state index contributed by atoms with van der Waals surface area (Å²) >= 11 is 2.64. The number of fused-ring (bicyclic) bond motifs is 5. The van der Waals surface area contributed by atoms with Crippen LogP contribution in [0.15, 0.2) is 16.5 Å². The maximum atomic E-state index is 5.77. The molecule has 2 aromatic heterocycles. The van der Waals surface area contributed by atoms with Crippen LogP contribution < -0.4 is 0 Å². The fraction of sp³-hybridized carbons (Fsp3) is 0.571. The first-order valence-corrected chi connectivity index (χ1v) is 7.25. The Labute approximate surface area is 110 Å². The first-order chi connectivity index (χ1) is 7.66. The number of rotatable bonds is 0. The van der Waals surface area contributed by atoms with Crippen LogP contribution in [0.2, 0.25) is 0 Å². The molecule has 1 aliphatic rings. The molecule has 0 unspecified atom stereocenters. The van der Waals surface area contributed by atoms with Crippen LogP contribution in [0.25, 0.3) is 11.2 Å². The number of halogens is 1. The van der Waals surface area contributed by atoms with Gasteiger partial charge in [0.15, 0.2) is 0 Å². The van der Waals surface area contributed by atoms with Crippen molar-refractivity contribution in [2.45, 2.75) is 48.9 Å². The van der Waals surface area contributed by atoms with Gasteiger partial charge in [-0.3, -0.25) is 0 Å². The zero-order valence-corrected chi connectivity index (χ0v) is 11.8. The fourth-order valence-electron chi connectivity index (χ4n) is 2.90. The molecule has 2 bridgehead atoms. The molecule has 0 saturated heterocycles. The van der Waals surface area contributed by atoms with Crippen LogP contribution in [-0.2, 0) is 12.8 Å². The minimum Gasteiger partial charge on any atom is -0.457 e. The lowest BCUT2D eigenvalue weighted by atomic mass is 9.99. The molecule has 2 aromatic rings. The molecule has 0 aromatic carbocycles. The van der Waals surface area contributed by atoms with E-state index in [0.29, 0.717) is 3.42 Å². The highest BCUT2D eigenvalue weighted by Gasteiger charge is 2.24. The van der Waals surface area contributed by atoms with Crippen LogP contribution in [0.1, 0.15) is 43.7 Å². The van der Waals surface area contributed by atoms with Gasteiger partial charge in [0.2, 0.25) is 0 Å². The number of hydrogen-bond acceptors (Lipinski definition) is 1. The molecule has 16 heavy (non-hydrogen) atoms. The topological polar surface area (TPSA) is 13.1 Å². The van der Waals surface area contributed by atoms with Gasteiger partial charge in [-0.2, -0.15) is 0 Å². The van der Waals surface area contributed by atoms with Crippen molar-refractivity contribution in [3.05, 3.63) is 23.3 Å². The maximum Gasteiger partial charge on any atom is 0.131 e. The van der Waals surface area contributed by atoms with Crippen LogP contribution in [0, 0.1) is 0 Å². The predicted molar refractivity (Wildman–Crippen MR) is 75.7 cm³/mol. The van der Waals surface area contributed by atoms with Crippen molar-refractivity contribution in [3.63, 3.8) is 0 Å². The van der Waals surface area contributed by atoms with Gasteiger partial charge in [-0.15, -0.1) is 0 Å². The zero-order valence-electron chi connectivity index (χ0n) is 9.68. The third kappa shape index (κ3) is 1.85. The number of alkyl halides is 1. The van der Waals surface area contributed by atoms with E-state index in [1.165, 1.54) is 49.7 Å². The highest BCUT2D eigenvalue weighted by atomic mass is 127. The van der Waals surface area contributed by atoms with Crippen molar-refractivity contribution >= 4 is 33.8 Å². The molecule has 1 nitrogen and oxygen atoms in total. The molecule has 1 aliphatic carbocycles. The summed E-state index contributed by atoms with van der Waals surface area (Å²) in [7, 11) is 0. The van der Waals surface area contributed by atoms with Crippen LogP contribution >= 0.6 is 22.6 Å². The van der Waals surface area contributed by atoms with Crippen molar-refractivity contribution in [1.29, 1.82) is 0 Å². The second kappa shape index (κ2) is 3.90. The Morgan fingerprint density at radius 1 is 1.06 bits per heavy atom. The van der Waals surface area contributed by atoms with Crippen LogP contribution in [-0.4, -0.2) is 3.42 Å². The summed E-state index contributed by atoms with van der Waals surface area (Å²) in [6.07, 6.45) is 7.67. The minimum atomic E-state index is 0.500. The van der Waals surface area contributed by atoms with E-state index < -0.39 is 0 Å². The van der Waals surface area contributed by atoms with E-state index in [-0.39, 0.29) is 0 Å². The molecule has 0 radical (unpaired) electrons. The highest BCUT2D eigenvalue weighted by Crippen LogP contribution is 2.37. The van der Waals surface area contributed by atoms with E-state index in [9.17, 15) is 0 Å². The third-order valence-corrected chi connectivity index (χ3v) is 4.89. The van der Waals surface area contributed by atoms with Crippen molar-refractivity contribution in [3.8, 4) is 0 Å². The number of hydrogen-bond donors (Lipinski definition) is 0. The molecule has 0 atom stereocenters. The van der Waals surface area contributed by atoms with Crippen molar-refractivity contribution in [2.75, 3.05) is 0 Å². The molecule has 0 fully saturated rings. The Morgan fingerprint density at radius 3 is 2.06 bits per heavy atom. The Morgan fingerprint density at radius 2 is 1.56 bits per heavy atom. The van der Waals surface area contributed by atoms with Crippen LogP contribution in [0.3, 0.4) is 0 Å². The average molecular weight is 328 g/mol. The van der Waals surface area contributed by atoms with Gasteiger partial charge >= 0.3 is 0 Å². The summed E-state index contributed by atoms with van der Waals surface area (Å²) in [6.45, 7) is 2.40. The van der Waals surface area contributed by atoms with Gasteiger partial charge in [0, 0.05) is 14.5 Å². The summed E-state index contributed by atoms with van der Waals surface area (Å²) in [6, 6.07) is 4.27. The quantitative estimate of drug-likeness (QED) is 0.504. The Kier molecular flexibility index (Phi) is 2.65. The Hall–Kier alpha value is -0.250. The second-order valence-corrected chi connectivity index (χ2v) is 7.85. The van der Waals surface area contributed by atoms with Gasteiger partial charge < -0.3 is 4.42 Å². The van der Waals surface area contributed by atoms with Crippen molar-refractivity contribution < 1.29 is 4.42 Å². The molecule has 0 saturated carbocycles. The molecule has 0 aliphatic heterocycles. The molecule has 2 heterocycles. The number of aryl methyl sites for hydroxylation is 2. The summed E-state index contributed by atoms with van der Waals surface area (Å²) in [4.78, 5) is 0. The Balaban J connectivity index is 1.92. The van der Waals surface area contributed by atoms with E-state index in [1.807, 2.05) is 0 Å². The first-order valence-electron chi connectivity index (χ1n) is 6.17. The monoisotopic (exact) mass is 328 g/mol. The van der Waals surface area contributed by atoms with Gasteiger partial charge in [0.25, 0.3) is 0 Å². The maximum absolute atomic E-state index is 5.77. The van der Waals surface area contributed by atoms with Gasteiger partial charge in [0.05, 0.1) is 0 Å². The molecule has 0 N–H and O–H groups in total. The standard InChI is InChI=1S/C14H17IO/c1-14(15)8-2-4-10-11(5-3-9-14)13-7-6-12(10)16-13/h6-7H,2-5,8-9H2,1H3. The van der Waals surface area contributed by atoms with Gasteiger partial charge in [-0.05, 0) is 50.7 Å². The zero-order chi connectivity index (χ0) is 11.2. The second-order valence-electron chi connectivity index (χ2n) is 5.24. The Bertz CT molecular complexity index is 442.